The lowest BCUT2D eigenvalue weighted by Crippen LogP contribution is -2.22. The fourth-order valence-corrected chi connectivity index (χ4v) is 3.88. The number of nitrogens with one attached hydrogen (secondary N) is 2. The van der Waals surface area contributed by atoms with Crippen molar-refractivity contribution in [1.82, 2.24) is 15.4 Å². The first-order valence-corrected chi connectivity index (χ1v) is 9.38. The van der Waals surface area contributed by atoms with Crippen molar-refractivity contribution < 1.29 is 14.1 Å². The van der Waals surface area contributed by atoms with Gasteiger partial charge in [-0.05, 0) is 38.1 Å². The molecule has 2 aromatic heterocycles. The van der Waals surface area contributed by atoms with Crippen LogP contribution in [0.15, 0.2) is 39.2 Å². The summed E-state index contributed by atoms with van der Waals surface area (Å²) in [6.45, 7) is 3.56. The summed E-state index contributed by atoms with van der Waals surface area (Å²) in [6, 6.07) is 9.16. The standard InChI is InChI=1S/C16H17N5O3S2/c1-9-8-13(21-24-9)18-14(22)10(2)25-16-20-19-15(26-16)17-11-4-6-12(23-3)7-5-11/h4-8,10H,1-3H3,(H,17,19)(H,18,21,22)/t10-/m0/s1. The van der Waals surface area contributed by atoms with Crippen LogP contribution in [0.1, 0.15) is 12.7 Å². The van der Waals surface area contributed by atoms with E-state index >= 15 is 0 Å². The van der Waals surface area contributed by atoms with Crippen molar-refractivity contribution in [2.75, 3.05) is 17.7 Å². The molecule has 0 aliphatic rings. The first-order valence-electron chi connectivity index (χ1n) is 7.69. The van der Waals surface area contributed by atoms with Crippen molar-refractivity contribution in [1.29, 1.82) is 0 Å². The molecule has 0 aliphatic heterocycles. The highest BCUT2D eigenvalue weighted by molar-refractivity contribution is 8.02. The third-order valence-electron chi connectivity index (χ3n) is 3.27. The van der Waals surface area contributed by atoms with E-state index in [0.717, 1.165) is 11.4 Å². The molecule has 0 saturated heterocycles. The number of rotatable bonds is 7. The second kappa shape index (κ2) is 8.19. The molecule has 10 heteroatoms. The number of methoxy groups -OCH3 is 1. The third-order valence-corrected chi connectivity index (χ3v) is 5.30. The molecule has 136 valence electrons. The Hall–Kier alpha value is -2.59. The molecular weight excluding hydrogens is 374 g/mol. The summed E-state index contributed by atoms with van der Waals surface area (Å²) in [6.07, 6.45) is 0. The van der Waals surface area contributed by atoms with Gasteiger partial charge in [-0.1, -0.05) is 28.3 Å². The van der Waals surface area contributed by atoms with Gasteiger partial charge in [0.25, 0.3) is 0 Å². The first kappa shape index (κ1) is 18.2. The van der Waals surface area contributed by atoms with Crippen LogP contribution in [-0.4, -0.2) is 33.6 Å². The first-order chi connectivity index (χ1) is 12.5. The van der Waals surface area contributed by atoms with Gasteiger partial charge in [0.15, 0.2) is 10.2 Å². The third kappa shape index (κ3) is 4.73. The number of thioether (sulfide) groups is 1. The van der Waals surface area contributed by atoms with Crippen molar-refractivity contribution in [3.63, 3.8) is 0 Å². The summed E-state index contributed by atoms with van der Waals surface area (Å²) in [7, 11) is 1.62. The number of aryl methyl sites for hydroxylation is 1. The molecule has 8 nitrogen and oxygen atoms in total. The molecular formula is C16H17N5O3S2. The number of carbonyl (C=O) groups excluding carboxylic acids is 1. The highest BCUT2D eigenvalue weighted by Gasteiger charge is 2.18. The number of hydrogen-bond acceptors (Lipinski definition) is 9. The highest BCUT2D eigenvalue weighted by atomic mass is 32.2. The van der Waals surface area contributed by atoms with Crippen LogP contribution in [0.2, 0.25) is 0 Å². The fourth-order valence-electron chi connectivity index (χ4n) is 1.96. The number of hydrogen-bond donors (Lipinski definition) is 2. The number of nitrogens with zero attached hydrogens (tertiary/aromatic N) is 3. The lowest BCUT2D eigenvalue weighted by Gasteiger charge is -2.07. The van der Waals surface area contributed by atoms with Gasteiger partial charge in [-0.25, -0.2) is 0 Å². The largest absolute Gasteiger partial charge is 0.497 e. The molecule has 0 fully saturated rings. The van der Waals surface area contributed by atoms with Crippen molar-refractivity contribution in [2.24, 2.45) is 0 Å². The molecule has 1 aromatic carbocycles. The molecule has 1 amide bonds. The molecule has 3 rings (SSSR count). The maximum atomic E-state index is 12.2. The molecule has 2 N–H and O–H groups in total. The van der Waals surface area contributed by atoms with Crippen molar-refractivity contribution in [2.45, 2.75) is 23.4 Å². The molecule has 0 unspecified atom stereocenters. The van der Waals surface area contributed by atoms with Gasteiger partial charge in [0.05, 0.1) is 12.4 Å². The van der Waals surface area contributed by atoms with E-state index in [1.54, 1.807) is 27.0 Å². The van der Waals surface area contributed by atoms with Crippen LogP contribution < -0.4 is 15.4 Å². The second-order valence-electron chi connectivity index (χ2n) is 5.30. The molecule has 3 aromatic rings. The van der Waals surface area contributed by atoms with Gasteiger partial charge < -0.3 is 19.9 Å². The summed E-state index contributed by atoms with van der Waals surface area (Å²) in [4.78, 5) is 12.2. The van der Waals surface area contributed by atoms with Crippen LogP contribution in [0.5, 0.6) is 5.75 Å². The van der Waals surface area contributed by atoms with Crippen LogP contribution in [0.3, 0.4) is 0 Å². The quantitative estimate of drug-likeness (QED) is 0.588. The molecule has 0 bridgehead atoms. The Balaban J connectivity index is 1.55. The van der Waals surface area contributed by atoms with E-state index in [9.17, 15) is 4.79 Å². The molecule has 2 heterocycles. The average Bonchev–Trinajstić information content (AvgIpc) is 3.24. The maximum Gasteiger partial charge on any atom is 0.238 e. The number of carbonyl (C=O) groups is 1. The van der Waals surface area contributed by atoms with E-state index in [2.05, 4.69) is 26.0 Å². The highest BCUT2D eigenvalue weighted by Crippen LogP contribution is 2.31. The zero-order chi connectivity index (χ0) is 18.5. The predicted molar refractivity (Wildman–Crippen MR) is 101 cm³/mol. The summed E-state index contributed by atoms with van der Waals surface area (Å²) in [5.41, 5.74) is 0.880. The van der Waals surface area contributed by atoms with Gasteiger partial charge in [-0.2, -0.15) is 0 Å². The average molecular weight is 391 g/mol. The van der Waals surface area contributed by atoms with Gasteiger partial charge in [0, 0.05) is 11.8 Å². The zero-order valence-corrected chi connectivity index (χ0v) is 16.0. The summed E-state index contributed by atoms with van der Waals surface area (Å²) in [5.74, 6) is 1.65. The fraction of sp³-hybridized carbons (Fsp3) is 0.250. The van der Waals surface area contributed by atoms with E-state index in [1.807, 2.05) is 24.3 Å². The minimum Gasteiger partial charge on any atom is -0.497 e. The molecule has 0 aliphatic carbocycles. The lowest BCUT2D eigenvalue weighted by atomic mass is 10.3. The monoisotopic (exact) mass is 391 g/mol. The number of anilines is 3. The minimum atomic E-state index is -0.353. The second-order valence-corrected chi connectivity index (χ2v) is 7.86. The van der Waals surface area contributed by atoms with Crippen LogP contribution in [0.25, 0.3) is 0 Å². The van der Waals surface area contributed by atoms with Crippen LogP contribution in [0, 0.1) is 6.92 Å². The SMILES string of the molecule is COc1ccc(Nc2nnc(S[C@@H](C)C(=O)Nc3cc(C)on3)s2)cc1. The number of benzene rings is 1. The van der Waals surface area contributed by atoms with E-state index in [1.165, 1.54) is 23.1 Å². The summed E-state index contributed by atoms with van der Waals surface area (Å²) >= 11 is 2.71. The Morgan fingerprint density at radius 2 is 2.08 bits per heavy atom. The Bertz CT molecular complexity index is 878. The van der Waals surface area contributed by atoms with Crippen LogP contribution in [0.4, 0.5) is 16.6 Å². The Morgan fingerprint density at radius 1 is 1.31 bits per heavy atom. The predicted octanol–water partition coefficient (Wildman–Crippen LogP) is 3.71. The smallest absolute Gasteiger partial charge is 0.238 e. The summed E-state index contributed by atoms with van der Waals surface area (Å²) < 4.78 is 10.8. The summed E-state index contributed by atoms with van der Waals surface area (Å²) in [5, 5.41) is 18.1. The molecule has 26 heavy (non-hydrogen) atoms. The van der Waals surface area contributed by atoms with E-state index in [0.29, 0.717) is 21.0 Å². The van der Waals surface area contributed by atoms with E-state index < -0.39 is 0 Å². The number of aromatic nitrogens is 3. The van der Waals surface area contributed by atoms with Gasteiger partial charge in [-0.15, -0.1) is 10.2 Å². The topological polar surface area (TPSA) is 102 Å². The van der Waals surface area contributed by atoms with Crippen molar-refractivity contribution in [3.05, 3.63) is 36.1 Å². The van der Waals surface area contributed by atoms with Crippen LogP contribution >= 0.6 is 23.1 Å². The lowest BCUT2D eigenvalue weighted by molar-refractivity contribution is -0.115. The molecule has 0 spiro atoms. The van der Waals surface area contributed by atoms with Crippen molar-refractivity contribution >= 4 is 45.6 Å². The van der Waals surface area contributed by atoms with Gasteiger partial charge >= 0.3 is 0 Å². The van der Waals surface area contributed by atoms with Crippen LogP contribution in [-0.2, 0) is 4.79 Å². The van der Waals surface area contributed by atoms with E-state index in [-0.39, 0.29) is 11.2 Å². The van der Waals surface area contributed by atoms with Gasteiger partial charge in [0.2, 0.25) is 11.0 Å². The van der Waals surface area contributed by atoms with E-state index in [4.69, 9.17) is 9.26 Å². The molecule has 1 atom stereocenters. The number of amides is 1. The maximum absolute atomic E-state index is 12.2. The van der Waals surface area contributed by atoms with Gasteiger partial charge in [0.1, 0.15) is 11.5 Å². The molecule has 0 saturated carbocycles. The Kier molecular flexibility index (Phi) is 5.74. The molecule has 0 radical (unpaired) electrons. The van der Waals surface area contributed by atoms with Crippen molar-refractivity contribution in [3.8, 4) is 5.75 Å². The Labute approximate surface area is 158 Å². The zero-order valence-electron chi connectivity index (χ0n) is 14.3. The normalized spacial score (nSPS) is 11.8. The van der Waals surface area contributed by atoms with Gasteiger partial charge in [-0.3, -0.25) is 4.79 Å². The Morgan fingerprint density at radius 3 is 2.73 bits per heavy atom. The minimum absolute atomic E-state index is 0.178. The number of ether oxygens (including phenoxy) is 1.